The molecule has 0 aliphatic rings. The smallest absolute Gasteiger partial charge is 0.353 e. The lowest BCUT2D eigenvalue weighted by molar-refractivity contribution is -0.122. The van der Waals surface area contributed by atoms with Gasteiger partial charge in [0.1, 0.15) is 6.04 Å². The molecule has 0 fully saturated rings. The van der Waals surface area contributed by atoms with E-state index in [1.807, 2.05) is 48.5 Å². The molecule has 0 spiro atoms. The van der Waals surface area contributed by atoms with Crippen LogP contribution < -0.4 is 16.0 Å². The van der Waals surface area contributed by atoms with E-state index in [4.69, 9.17) is 5.26 Å². The molecule has 0 aliphatic heterocycles. The van der Waals surface area contributed by atoms with Crippen LogP contribution in [0.3, 0.4) is 0 Å². The van der Waals surface area contributed by atoms with Crippen molar-refractivity contribution in [2.75, 3.05) is 11.9 Å². The topological polar surface area (TPSA) is 94.0 Å². The first kappa shape index (κ1) is 24.9. The third-order valence-corrected chi connectivity index (χ3v) is 5.50. The van der Waals surface area contributed by atoms with Crippen LogP contribution in [0.4, 0.5) is 23.7 Å². The Kier molecular flexibility index (Phi) is 8.38. The number of alkyl halides is 3. The number of nitriles is 1. The van der Waals surface area contributed by atoms with Crippen molar-refractivity contribution >= 4 is 40.2 Å². The van der Waals surface area contributed by atoms with Gasteiger partial charge in [0.05, 0.1) is 12.5 Å². The summed E-state index contributed by atoms with van der Waals surface area (Å²) in [4.78, 5) is 25.2. The van der Waals surface area contributed by atoms with Gasteiger partial charge in [-0.25, -0.2) is 4.79 Å². The summed E-state index contributed by atoms with van der Waals surface area (Å²) in [6, 6.07) is 19.0. The van der Waals surface area contributed by atoms with Crippen molar-refractivity contribution in [3.8, 4) is 6.07 Å². The van der Waals surface area contributed by atoms with Crippen LogP contribution in [0.1, 0.15) is 12.0 Å². The second-order valence-corrected chi connectivity index (χ2v) is 8.45. The molecule has 3 aromatic carbocycles. The largest absolute Gasteiger partial charge is 0.446 e. The van der Waals surface area contributed by atoms with Crippen LogP contribution >= 0.6 is 11.8 Å². The molecule has 3 aromatic rings. The maximum Gasteiger partial charge on any atom is 0.446 e. The van der Waals surface area contributed by atoms with Gasteiger partial charge in [-0.05, 0) is 52.4 Å². The Morgan fingerprint density at radius 1 is 1.00 bits per heavy atom. The second-order valence-electron chi connectivity index (χ2n) is 7.31. The highest BCUT2D eigenvalue weighted by Gasteiger charge is 2.29. The first-order valence-corrected chi connectivity index (χ1v) is 11.1. The molecule has 0 saturated heterocycles. The van der Waals surface area contributed by atoms with E-state index in [1.54, 1.807) is 0 Å². The van der Waals surface area contributed by atoms with E-state index in [0.717, 1.165) is 16.3 Å². The lowest BCUT2D eigenvalue weighted by Gasteiger charge is -2.19. The van der Waals surface area contributed by atoms with E-state index in [1.165, 1.54) is 24.3 Å². The van der Waals surface area contributed by atoms with Gasteiger partial charge in [-0.2, -0.15) is 18.4 Å². The number of benzene rings is 3. The molecule has 10 heteroatoms. The molecule has 0 bridgehead atoms. The summed E-state index contributed by atoms with van der Waals surface area (Å²) >= 11 is -0.250. The van der Waals surface area contributed by atoms with E-state index in [-0.39, 0.29) is 41.7 Å². The standard InChI is InChI=1S/C24H21F3N4O2S/c25-24(26,27)34-20-10-8-19(9-11-20)30-23(33)31-21(22(32)29-13-3-12-28)15-16-6-7-17-4-1-2-5-18(17)14-16/h1-2,4-11,14,21H,3,13,15H2,(H,29,32)(H2,30,31,33). The molecule has 0 aromatic heterocycles. The zero-order valence-corrected chi connectivity index (χ0v) is 18.7. The fourth-order valence-electron chi connectivity index (χ4n) is 3.24. The van der Waals surface area contributed by atoms with Gasteiger partial charge >= 0.3 is 11.5 Å². The molecule has 1 atom stereocenters. The van der Waals surface area contributed by atoms with Crippen molar-refractivity contribution in [2.24, 2.45) is 0 Å². The van der Waals surface area contributed by atoms with Crippen molar-refractivity contribution < 1.29 is 22.8 Å². The Bertz CT molecular complexity index is 1190. The molecule has 0 aliphatic carbocycles. The Hall–Kier alpha value is -3.71. The number of nitrogens with one attached hydrogen (secondary N) is 3. The van der Waals surface area contributed by atoms with Gasteiger partial charge in [0.15, 0.2) is 0 Å². The minimum Gasteiger partial charge on any atom is -0.353 e. The van der Waals surface area contributed by atoms with E-state index in [0.29, 0.717) is 0 Å². The van der Waals surface area contributed by atoms with Crippen LogP contribution in [-0.2, 0) is 11.2 Å². The molecule has 0 radical (unpaired) electrons. The van der Waals surface area contributed by atoms with Gasteiger partial charge in [-0.3, -0.25) is 4.79 Å². The summed E-state index contributed by atoms with van der Waals surface area (Å²) in [5, 5.41) is 18.5. The molecule has 3 amide bonds. The summed E-state index contributed by atoms with van der Waals surface area (Å²) in [6.07, 6.45) is 0.334. The zero-order valence-electron chi connectivity index (χ0n) is 17.9. The van der Waals surface area contributed by atoms with Crippen molar-refractivity contribution in [1.82, 2.24) is 10.6 Å². The molecule has 3 rings (SSSR count). The van der Waals surface area contributed by atoms with Crippen LogP contribution in [0.15, 0.2) is 71.6 Å². The zero-order chi connectivity index (χ0) is 24.6. The monoisotopic (exact) mass is 486 g/mol. The van der Waals surface area contributed by atoms with Gasteiger partial charge in [0.2, 0.25) is 5.91 Å². The SMILES string of the molecule is N#CCCNC(=O)C(Cc1ccc2ccccc2c1)NC(=O)Nc1ccc(SC(F)(F)F)cc1. The van der Waals surface area contributed by atoms with Gasteiger partial charge in [-0.15, -0.1) is 0 Å². The molecule has 6 nitrogen and oxygen atoms in total. The molecule has 1 unspecified atom stereocenters. The maximum atomic E-state index is 12.7. The average Bonchev–Trinajstić information content (AvgIpc) is 2.79. The molecule has 3 N–H and O–H groups in total. The number of nitrogens with zero attached hydrogens (tertiary/aromatic N) is 1. The van der Waals surface area contributed by atoms with Crippen LogP contribution in [0.2, 0.25) is 0 Å². The Labute approximate surface area is 198 Å². The highest BCUT2D eigenvalue weighted by molar-refractivity contribution is 8.00. The number of rotatable bonds is 8. The van der Waals surface area contributed by atoms with Gasteiger partial charge in [-0.1, -0.05) is 42.5 Å². The normalized spacial score (nSPS) is 11.9. The highest BCUT2D eigenvalue weighted by Crippen LogP contribution is 2.37. The van der Waals surface area contributed by atoms with Crippen molar-refractivity contribution in [1.29, 1.82) is 5.26 Å². The molecular weight excluding hydrogens is 465 g/mol. The van der Waals surface area contributed by atoms with Crippen LogP contribution in [-0.4, -0.2) is 30.0 Å². The predicted molar refractivity (Wildman–Crippen MR) is 125 cm³/mol. The lowest BCUT2D eigenvalue weighted by Crippen LogP contribution is -2.49. The van der Waals surface area contributed by atoms with Crippen LogP contribution in [0.5, 0.6) is 0 Å². The minimum atomic E-state index is -4.40. The highest BCUT2D eigenvalue weighted by atomic mass is 32.2. The van der Waals surface area contributed by atoms with Crippen molar-refractivity contribution in [2.45, 2.75) is 29.3 Å². The number of urea groups is 1. The third-order valence-electron chi connectivity index (χ3n) is 4.76. The summed E-state index contributed by atoms with van der Waals surface area (Å²) in [6.45, 7) is 0.144. The first-order chi connectivity index (χ1) is 16.2. The van der Waals surface area contributed by atoms with Gasteiger partial charge in [0, 0.05) is 23.5 Å². The molecule has 0 saturated carbocycles. The number of carbonyl (C=O) groups is 2. The summed E-state index contributed by atoms with van der Waals surface area (Å²) < 4.78 is 37.4. The van der Waals surface area contributed by atoms with E-state index in [9.17, 15) is 22.8 Å². The number of thioether (sulfide) groups is 1. The number of carbonyl (C=O) groups excluding carboxylic acids is 2. The Morgan fingerprint density at radius 3 is 2.38 bits per heavy atom. The van der Waals surface area contributed by atoms with E-state index >= 15 is 0 Å². The predicted octanol–water partition coefficient (Wildman–Crippen LogP) is 5.21. The number of anilines is 1. The second kappa shape index (κ2) is 11.4. The number of hydrogen-bond donors (Lipinski definition) is 3. The fraction of sp³-hybridized carbons (Fsp3) is 0.208. The average molecular weight is 487 g/mol. The Morgan fingerprint density at radius 2 is 1.71 bits per heavy atom. The number of fused-ring (bicyclic) bond motifs is 1. The maximum absolute atomic E-state index is 12.7. The third kappa shape index (κ3) is 7.71. The summed E-state index contributed by atoms with van der Waals surface area (Å²) in [5.74, 6) is -0.449. The van der Waals surface area contributed by atoms with Crippen molar-refractivity contribution in [3.05, 3.63) is 72.3 Å². The Balaban J connectivity index is 1.69. The lowest BCUT2D eigenvalue weighted by atomic mass is 10.0. The summed E-state index contributed by atoms with van der Waals surface area (Å²) in [5.41, 5.74) is -3.30. The van der Waals surface area contributed by atoms with E-state index < -0.39 is 23.5 Å². The minimum absolute atomic E-state index is 0.00971. The quantitative estimate of drug-likeness (QED) is 0.301. The number of amides is 3. The fourth-order valence-corrected chi connectivity index (χ4v) is 3.78. The van der Waals surface area contributed by atoms with Gasteiger partial charge < -0.3 is 16.0 Å². The van der Waals surface area contributed by atoms with Crippen LogP contribution in [0.25, 0.3) is 10.8 Å². The molecular formula is C24H21F3N4O2S. The van der Waals surface area contributed by atoms with Crippen molar-refractivity contribution in [3.63, 3.8) is 0 Å². The van der Waals surface area contributed by atoms with Crippen LogP contribution in [0, 0.1) is 11.3 Å². The number of hydrogen-bond acceptors (Lipinski definition) is 4. The van der Waals surface area contributed by atoms with E-state index in [2.05, 4.69) is 16.0 Å². The molecule has 0 heterocycles. The molecule has 176 valence electrons. The molecule has 34 heavy (non-hydrogen) atoms. The first-order valence-electron chi connectivity index (χ1n) is 10.3. The number of halogens is 3. The summed E-state index contributed by atoms with van der Waals surface area (Å²) in [7, 11) is 0. The van der Waals surface area contributed by atoms with Gasteiger partial charge in [0.25, 0.3) is 0 Å².